The second-order valence-electron chi connectivity index (χ2n) is 10.6. The molecule has 1 aliphatic rings. The number of nitrogens with one attached hydrogen (secondary N) is 1. The van der Waals surface area contributed by atoms with Crippen LogP contribution in [0.4, 0.5) is 10.5 Å². The average Bonchev–Trinajstić information content (AvgIpc) is 3.46. The zero-order valence-electron chi connectivity index (χ0n) is 23.1. The van der Waals surface area contributed by atoms with Gasteiger partial charge in [0.25, 0.3) is 0 Å². The summed E-state index contributed by atoms with van der Waals surface area (Å²) in [5.74, 6) is 0.757. The number of carbonyl (C=O) groups is 1. The fourth-order valence-electron chi connectivity index (χ4n) is 5.55. The zero-order valence-corrected chi connectivity index (χ0v) is 23.9. The van der Waals surface area contributed by atoms with Crippen LogP contribution in [0.3, 0.4) is 0 Å². The molecule has 0 spiro atoms. The molecule has 1 atom stereocenters. The van der Waals surface area contributed by atoms with E-state index in [1.807, 2.05) is 47.6 Å². The maximum atomic E-state index is 14.4. The first-order valence-corrected chi connectivity index (χ1v) is 15.0. The van der Waals surface area contributed by atoms with Gasteiger partial charge in [-0.1, -0.05) is 47.5 Å². The quantitative estimate of drug-likeness (QED) is 0.207. The maximum absolute atomic E-state index is 14.4. The molecule has 202 valence electrons. The summed E-state index contributed by atoms with van der Waals surface area (Å²) in [6.07, 6.45) is 8.54. The van der Waals surface area contributed by atoms with E-state index in [-0.39, 0.29) is 18.1 Å². The minimum absolute atomic E-state index is 0.115. The van der Waals surface area contributed by atoms with Crippen LogP contribution in [-0.4, -0.2) is 28.2 Å². The van der Waals surface area contributed by atoms with E-state index < -0.39 is 0 Å². The first-order valence-electron chi connectivity index (χ1n) is 13.7. The normalized spacial score (nSPS) is 14.1. The molecule has 0 aliphatic heterocycles. The van der Waals surface area contributed by atoms with Gasteiger partial charge in [0.15, 0.2) is 0 Å². The number of pyridine rings is 1. The molecule has 40 heavy (non-hydrogen) atoms. The van der Waals surface area contributed by atoms with Gasteiger partial charge in [-0.15, -0.1) is 11.8 Å². The van der Waals surface area contributed by atoms with E-state index in [1.165, 1.54) is 5.56 Å². The first-order chi connectivity index (χ1) is 19.5. The van der Waals surface area contributed by atoms with Crippen LogP contribution in [0, 0.1) is 13.8 Å². The third-order valence-corrected chi connectivity index (χ3v) is 8.57. The molecule has 1 fully saturated rings. The summed E-state index contributed by atoms with van der Waals surface area (Å²) < 4.78 is 6.03. The number of thioether (sulfide) groups is 1. The van der Waals surface area contributed by atoms with Crippen molar-refractivity contribution in [2.45, 2.75) is 50.1 Å². The van der Waals surface area contributed by atoms with Gasteiger partial charge in [0.1, 0.15) is 11.8 Å². The lowest BCUT2D eigenvalue weighted by Gasteiger charge is -2.42. The lowest BCUT2D eigenvalue weighted by atomic mass is 9.87. The fraction of sp³-hybridized carbons (Fsp3) is 0.235. The Morgan fingerprint density at radius 1 is 0.975 bits per heavy atom. The van der Waals surface area contributed by atoms with Crippen LogP contribution < -0.4 is 5.32 Å². The Morgan fingerprint density at radius 3 is 2.50 bits per heavy atom. The van der Waals surface area contributed by atoms with Crippen molar-refractivity contribution in [1.82, 2.24) is 9.88 Å². The first kappa shape index (κ1) is 26.2. The van der Waals surface area contributed by atoms with Crippen molar-refractivity contribution in [3.8, 4) is 11.1 Å². The standard InChI is InChI=1S/C34H33N3O2S/c1-22-11-13-24(14-12-22)25-19-23(2)20-26(21-25)33(30-10-6-18-39-30)37(27-7-4-8-27)34(38)36-32-28-9-5-17-35-29(28)15-16-31(32)40-3/h5-6,9-21,27,33H,4,7-8H2,1-3H3,(H,36,38). The van der Waals surface area contributed by atoms with E-state index in [4.69, 9.17) is 4.42 Å². The lowest BCUT2D eigenvalue weighted by Crippen LogP contribution is -2.48. The number of nitrogens with zero attached hydrogens (tertiary/aromatic N) is 2. The number of benzene rings is 3. The van der Waals surface area contributed by atoms with Crippen molar-refractivity contribution >= 4 is 34.4 Å². The Hall–Kier alpha value is -4.03. The third-order valence-electron chi connectivity index (χ3n) is 7.79. The van der Waals surface area contributed by atoms with Crippen molar-refractivity contribution in [1.29, 1.82) is 0 Å². The molecule has 2 aromatic heterocycles. The monoisotopic (exact) mass is 547 g/mol. The molecule has 2 amide bonds. The molecule has 3 aromatic carbocycles. The van der Waals surface area contributed by atoms with E-state index in [1.54, 1.807) is 24.2 Å². The van der Waals surface area contributed by atoms with Crippen LogP contribution in [0.25, 0.3) is 22.0 Å². The van der Waals surface area contributed by atoms with Crippen molar-refractivity contribution in [3.05, 3.63) is 114 Å². The number of aryl methyl sites for hydroxylation is 2. The summed E-state index contributed by atoms with van der Waals surface area (Å²) in [4.78, 5) is 21.9. The Balaban J connectivity index is 1.45. The van der Waals surface area contributed by atoms with Crippen molar-refractivity contribution in [3.63, 3.8) is 0 Å². The molecule has 5 nitrogen and oxygen atoms in total. The van der Waals surface area contributed by atoms with Gasteiger partial charge >= 0.3 is 6.03 Å². The minimum Gasteiger partial charge on any atom is -0.467 e. The van der Waals surface area contributed by atoms with Crippen LogP contribution >= 0.6 is 11.8 Å². The minimum atomic E-state index is -0.366. The molecule has 5 aromatic rings. The molecule has 6 rings (SSSR count). The molecule has 1 unspecified atom stereocenters. The fourth-order valence-corrected chi connectivity index (χ4v) is 6.12. The van der Waals surface area contributed by atoms with Crippen LogP contribution in [-0.2, 0) is 0 Å². The predicted octanol–water partition coefficient (Wildman–Crippen LogP) is 9.01. The number of carbonyl (C=O) groups excluding carboxylic acids is 1. The highest BCUT2D eigenvalue weighted by Gasteiger charge is 2.38. The summed E-state index contributed by atoms with van der Waals surface area (Å²) in [6, 6.07) is 26.6. The van der Waals surface area contributed by atoms with Gasteiger partial charge in [-0.25, -0.2) is 4.79 Å². The van der Waals surface area contributed by atoms with Gasteiger partial charge in [0.2, 0.25) is 0 Å². The number of hydrogen-bond acceptors (Lipinski definition) is 4. The second kappa shape index (κ2) is 11.2. The number of rotatable bonds is 7. The highest BCUT2D eigenvalue weighted by atomic mass is 32.2. The Kier molecular flexibility index (Phi) is 7.35. The summed E-state index contributed by atoms with van der Waals surface area (Å²) >= 11 is 1.62. The SMILES string of the molecule is CSc1ccc2ncccc2c1NC(=O)N(C1CCC1)C(c1cc(C)cc(-c2ccc(C)cc2)c1)c1ccco1. The predicted molar refractivity (Wildman–Crippen MR) is 164 cm³/mol. The van der Waals surface area contributed by atoms with Gasteiger partial charge in [-0.05, 0) is 98.5 Å². The third kappa shape index (κ3) is 5.11. The lowest BCUT2D eigenvalue weighted by molar-refractivity contribution is 0.118. The second-order valence-corrected chi connectivity index (χ2v) is 11.4. The Morgan fingerprint density at radius 2 is 1.80 bits per heavy atom. The summed E-state index contributed by atoms with van der Waals surface area (Å²) in [5.41, 5.74) is 7.35. The van der Waals surface area contributed by atoms with Crippen LogP contribution in [0.15, 0.2) is 101 Å². The largest absolute Gasteiger partial charge is 0.467 e. The molecular weight excluding hydrogens is 514 g/mol. The highest BCUT2D eigenvalue weighted by Crippen LogP contribution is 2.40. The summed E-state index contributed by atoms with van der Waals surface area (Å²) in [5, 5.41) is 4.25. The van der Waals surface area contributed by atoms with Gasteiger partial charge < -0.3 is 14.6 Å². The molecule has 2 heterocycles. The van der Waals surface area contributed by atoms with E-state index in [0.717, 1.165) is 68.8 Å². The van der Waals surface area contributed by atoms with E-state index >= 15 is 0 Å². The summed E-state index contributed by atoms with van der Waals surface area (Å²) in [6.45, 7) is 4.21. The number of hydrogen-bond donors (Lipinski definition) is 1. The van der Waals surface area contributed by atoms with E-state index in [2.05, 4.69) is 66.6 Å². The summed E-state index contributed by atoms with van der Waals surface area (Å²) in [7, 11) is 0. The van der Waals surface area contributed by atoms with Crippen LogP contribution in [0.2, 0.25) is 0 Å². The Bertz CT molecular complexity index is 1640. The molecule has 6 heteroatoms. The van der Waals surface area contributed by atoms with Crippen LogP contribution in [0.5, 0.6) is 0 Å². The smallest absolute Gasteiger partial charge is 0.323 e. The average molecular weight is 548 g/mol. The molecular formula is C34H33N3O2S. The number of aromatic nitrogens is 1. The topological polar surface area (TPSA) is 58.4 Å². The van der Waals surface area contributed by atoms with Crippen molar-refractivity contribution in [2.75, 3.05) is 11.6 Å². The van der Waals surface area contributed by atoms with Crippen molar-refractivity contribution < 1.29 is 9.21 Å². The van der Waals surface area contributed by atoms with Gasteiger partial charge in [-0.2, -0.15) is 0 Å². The number of fused-ring (bicyclic) bond motifs is 1. The van der Waals surface area contributed by atoms with Gasteiger partial charge in [0, 0.05) is 22.5 Å². The Labute approximate surface area is 239 Å². The number of urea groups is 1. The van der Waals surface area contributed by atoms with Gasteiger partial charge in [0.05, 0.1) is 17.5 Å². The maximum Gasteiger partial charge on any atom is 0.323 e. The molecule has 0 radical (unpaired) electrons. The van der Waals surface area contributed by atoms with Gasteiger partial charge in [-0.3, -0.25) is 4.98 Å². The molecule has 0 bridgehead atoms. The zero-order chi connectivity index (χ0) is 27.6. The van der Waals surface area contributed by atoms with Crippen LogP contribution in [0.1, 0.15) is 47.8 Å². The molecule has 1 saturated carbocycles. The molecule has 0 saturated heterocycles. The van der Waals surface area contributed by atoms with E-state index in [9.17, 15) is 4.79 Å². The highest BCUT2D eigenvalue weighted by molar-refractivity contribution is 7.98. The number of furan rings is 1. The number of anilines is 1. The molecule has 1 N–H and O–H groups in total. The molecule has 1 aliphatic carbocycles. The number of amides is 2. The van der Waals surface area contributed by atoms with E-state index in [0.29, 0.717) is 0 Å². The van der Waals surface area contributed by atoms with Crippen molar-refractivity contribution in [2.24, 2.45) is 0 Å².